The van der Waals surface area contributed by atoms with Crippen LogP contribution in [0.25, 0.3) is 0 Å². The molecule has 5 nitrogen and oxygen atoms in total. The Kier molecular flexibility index (Phi) is 4.80. The fourth-order valence-corrected chi connectivity index (χ4v) is 4.12. The van der Waals surface area contributed by atoms with Gasteiger partial charge in [0.05, 0.1) is 18.0 Å². The van der Waals surface area contributed by atoms with Crippen molar-refractivity contribution in [3.63, 3.8) is 0 Å². The molecule has 0 aromatic carbocycles. The third kappa shape index (κ3) is 4.06. The summed E-state index contributed by atoms with van der Waals surface area (Å²) in [6.07, 6.45) is 7.60. The highest BCUT2D eigenvalue weighted by molar-refractivity contribution is 7.88. The molecule has 1 aromatic rings. The van der Waals surface area contributed by atoms with E-state index < -0.39 is 10.0 Å². The molecule has 1 saturated carbocycles. The molecule has 122 valence electrons. The van der Waals surface area contributed by atoms with E-state index in [1.54, 1.807) is 4.31 Å². The Morgan fingerprint density at radius 1 is 1.27 bits per heavy atom. The number of piperidine rings is 1. The van der Waals surface area contributed by atoms with Crippen molar-refractivity contribution in [1.82, 2.24) is 14.6 Å². The lowest BCUT2D eigenvalue weighted by atomic mass is 9.97. The predicted octanol–water partition coefficient (Wildman–Crippen LogP) is 1.79. The van der Waals surface area contributed by atoms with E-state index in [4.69, 9.17) is 0 Å². The molecule has 1 aliphatic heterocycles. The maximum absolute atomic E-state index is 11.5. The highest BCUT2D eigenvalue weighted by atomic mass is 32.2. The van der Waals surface area contributed by atoms with E-state index in [1.807, 2.05) is 18.3 Å². The lowest BCUT2D eigenvalue weighted by Gasteiger charge is -2.31. The zero-order valence-electron chi connectivity index (χ0n) is 13.1. The van der Waals surface area contributed by atoms with Crippen LogP contribution in [0.4, 0.5) is 0 Å². The van der Waals surface area contributed by atoms with Gasteiger partial charge in [-0.2, -0.15) is 0 Å². The predicted molar refractivity (Wildman–Crippen MR) is 86.8 cm³/mol. The molecule has 2 heterocycles. The molecule has 1 atom stereocenters. The van der Waals surface area contributed by atoms with Crippen molar-refractivity contribution in [1.29, 1.82) is 0 Å². The average Bonchev–Trinajstić information content (AvgIpc) is 3.33. The molecule has 1 aliphatic carbocycles. The zero-order chi connectivity index (χ0) is 15.6. The molecule has 0 spiro atoms. The maximum Gasteiger partial charge on any atom is 0.211 e. The Hall–Kier alpha value is -0.980. The van der Waals surface area contributed by atoms with Crippen LogP contribution in [-0.4, -0.2) is 43.6 Å². The topological polar surface area (TPSA) is 62.3 Å². The van der Waals surface area contributed by atoms with Gasteiger partial charge >= 0.3 is 0 Å². The van der Waals surface area contributed by atoms with Gasteiger partial charge in [0.1, 0.15) is 0 Å². The highest BCUT2D eigenvalue weighted by Gasteiger charge is 2.33. The summed E-state index contributed by atoms with van der Waals surface area (Å²) in [6, 6.07) is 6.45. The minimum Gasteiger partial charge on any atom is -0.308 e. The molecule has 1 N–H and O–H groups in total. The summed E-state index contributed by atoms with van der Waals surface area (Å²) in [5.41, 5.74) is 1.14. The first kappa shape index (κ1) is 15.9. The van der Waals surface area contributed by atoms with Gasteiger partial charge in [-0.05, 0) is 56.2 Å². The standard InChI is InChI=1S/C16H25N3O2S/c1-22(20,21)19-10-7-13(8-11-19)12-18-16(14-5-6-14)15-4-2-3-9-17-15/h2-4,9,13-14,16,18H,5-8,10-12H2,1H3. The van der Waals surface area contributed by atoms with Crippen molar-refractivity contribution in [2.24, 2.45) is 11.8 Å². The summed E-state index contributed by atoms with van der Waals surface area (Å²) in [5, 5.41) is 3.69. The van der Waals surface area contributed by atoms with Crippen LogP contribution in [0, 0.1) is 11.8 Å². The van der Waals surface area contributed by atoms with Crippen LogP contribution in [0.2, 0.25) is 0 Å². The second-order valence-electron chi connectivity index (χ2n) is 6.58. The summed E-state index contributed by atoms with van der Waals surface area (Å²) in [4.78, 5) is 4.50. The number of hydrogen-bond acceptors (Lipinski definition) is 4. The van der Waals surface area contributed by atoms with E-state index in [1.165, 1.54) is 19.1 Å². The van der Waals surface area contributed by atoms with Crippen LogP contribution in [-0.2, 0) is 10.0 Å². The maximum atomic E-state index is 11.5. The molecule has 1 aromatic heterocycles. The Bertz CT molecular complexity index is 579. The molecule has 1 saturated heterocycles. The minimum atomic E-state index is -3.02. The smallest absolute Gasteiger partial charge is 0.211 e. The quantitative estimate of drug-likeness (QED) is 0.867. The average molecular weight is 323 g/mol. The second kappa shape index (κ2) is 6.64. The normalized spacial score (nSPS) is 22.6. The highest BCUT2D eigenvalue weighted by Crippen LogP contribution is 2.40. The van der Waals surface area contributed by atoms with Gasteiger partial charge in [0.25, 0.3) is 0 Å². The summed E-state index contributed by atoms with van der Waals surface area (Å²) in [5.74, 6) is 1.27. The van der Waals surface area contributed by atoms with E-state index in [2.05, 4.69) is 16.4 Å². The Morgan fingerprint density at radius 3 is 2.55 bits per heavy atom. The van der Waals surface area contributed by atoms with Gasteiger partial charge < -0.3 is 5.32 Å². The minimum absolute atomic E-state index is 0.356. The third-order valence-electron chi connectivity index (χ3n) is 4.77. The molecular weight excluding hydrogens is 298 g/mol. The lowest BCUT2D eigenvalue weighted by Crippen LogP contribution is -2.40. The molecule has 3 rings (SSSR count). The first-order chi connectivity index (χ1) is 10.5. The number of hydrogen-bond donors (Lipinski definition) is 1. The van der Waals surface area contributed by atoms with Crippen LogP contribution in [0.5, 0.6) is 0 Å². The van der Waals surface area contributed by atoms with Crippen molar-refractivity contribution in [3.05, 3.63) is 30.1 Å². The van der Waals surface area contributed by atoms with E-state index in [0.717, 1.165) is 25.1 Å². The molecule has 22 heavy (non-hydrogen) atoms. The summed E-state index contributed by atoms with van der Waals surface area (Å²) in [6.45, 7) is 2.26. The van der Waals surface area contributed by atoms with Crippen LogP contribution in [0.1, 0.15) is 37.4 Å². The van der Waals surface area contributed by atoms with Crippen molar-refractivity contribution >= 4 is 10.0 Å². The van der Waals surface area contributed by atoms with Crippen LogP contribution >= 0.6 is 0 Å². The first-order valence-corrected chi connectivity index (χ1v) is 9.98. The van der Waals surface area contributed by atoms with Crippen molar-refractivity contribution in [3.8, 4) is 0 Å². The fraction of sp³-hybridized carbons (Fsp3) is 0.688. The molecule has 1 unspecified atom stereocenters. The summed E-state index contributed by atoms with van der Waals surface area (Å²) < 4.78 is 24.7. The summed E-state index contributed by atoms with van der Waals surface area (Å²) in [7, 11) is -3.02. The van der Waals surface area contributed by atoms with Gasteiger partial charge in [0.2, 0.25) is 10.0 Å². The first-order valence-electron chi connectivity index (χ1n) is 8.13. The number of sulfonamides is 1. The molecule has 2 fully saturated rings. The van der Waals surface area contributed by atoms with Crippen LogP contribution in [0.3, 0.4) is 0 Å². The summed E-state index contributed by atoms with van der Waals surface area (Å²) >= 11 is 0. The lowest BCUT2D eigenvalue weighted by molar-refractivity contribution is 0.259. The molecule has 0 radical (unpaired) electrons. The zero-order valence-corrected chi connectivity index (χ0v) is 13.9. The SMILES string of the molecule is CS(=O)(=O)N1CCC(CNC(c2ccccn2)C2CC2)CC1. The molecule has 0 amide bonds. The van der Waals surface area contributed by atoms with Crippen LogP contribution < -0.4 is 5.32 Å². The number of aromatic nitrogens is 1. The Balaban J connectivity index is 1.52. The largest absolute Gasteiger partial charge is 0.308 e. The van der Waals surface area contributed by atoms with E-state index >= 15 is 0 Å². The Labute approximate surface area is 133 Å². The second-order valence-corrected chi connectivity index (χ2v) is 8.57. The monoisotopic (exact) mass is 323 g/mol. The van der Waals surface area contributed by atoms with Crippen LogP contribution in [0.15, 0.2) is 24.4 Å². The fourth-order valence-electron chi connectivity index (χ4n) is 3.24. The van der Waals surface area contributed by atoms with Crippen molar-refractivity contribution in [2.45, 2.75) is 31.7 Å². The number of pyridine rings is 1. The van der Waals surface area contributed by atoms with Gasteiger partial charge in [-0.25, -0.2) is 12.7 Å². The molecule has 2 aliphatic rings. The van der Waals surface area contributed by atoms with E-state index in [0.29, 0.717) is 31.0 Å². The number of nitrogens with one attached hydrogen (secondary N) is 1. The molecular formula is C16H25N3O2S. The number of nitrogens with zero attached hydrogens (tertiary/aromatic N) is 2. The van der Waals surface area contributed by atoms with Gasteiger partial charge in [-0.15, -0.1) is 0 Å². The molecule has 0 bridgehead atoms. The van der Waals surface area contributed by atoms with Gasteiger partial charge in [-0.3, -0.25) is 4.98 Å². The van der Waals surface area contributed by atoms with E-state index in [-0.39, 0.29) is 0 Å². The molecule has 6 heteroatoms. The van der Waals surface area contributed by atoms with Gasteiger partial charge in [0, 0.05) is 19.3 Å². The van der Waals surface area contributed by atoms with E-state index in [9.17, 15) is 8.42 Å². The van der Waals surface area contributed by atoms with Crippen molar-refractivity contribution in [2.75, 3.05) is 25.9 Å². The van der Waals surface area contributed by atoms with Crippen molar-refractivity contribution < 1.29 is 8.42 Å². The van der Waals surface area contributed by atoms with Gasteiger partial charge in [0.15, 0.2) is 0 Å². The number of rotatable bonds is 6. The third-order valence-corrected chi connectivity index (χ3v) is 6.07. The van der Waals surface area contributed by atoms with Gasteiger partial charge in [-0.1, -0.05) is 6.07 Å². The Morgan fingerprint density at radius 2 is 2.00 bits per heavy atom.